The first-order valence-electron chi connectivity index (χ1n) is 6.25. The first-order chi connectivity index (χ1) is 9.65. The lowest BCUT2D eigenvalue weighted by molar-refractivity contribution is 0.168. The molecule has 1 N–H and O–H groups in total. The van der Waals surface area contributed by atoms with Crippen LogP contribution in [0.25, 0.3) is 11.3 Å². The van der Waals surface area contributed by atoms with Crippen LogP contribution in [0.15, 0.2) is 36.4 Å². The second-order valence-electron chi connectivity index (χ2n) is 4.20. The van der Waals surface area contributed by atoms with Gasteiger partial charge in [0.05, 0.1) is 6.61 Å². The van der Waals surface area contributed by atoms with Crippen molar-refractivity contribution in [3.05, 3.63) is 42.1 Å². The van der Waals surface area contributed by atoms with E-state index < -0.39 is 6.09 Å². The molecule has 102 valence electrons. The third kappa shape index (κ3) is 2.81. The molecule has 1 aromatic heterocycles. The third-order valence-electron chi connectivity index (χ3n) is 2.94. The van der Waals surface area contributed by atoms with Gasteiger partial charge in [0.2, 0.25) is 0 Å². The van der Waals surface area contributed by atoms with Gasteiger partial charge >= 0.3 is 6.09 Å². The number of anilines is 1. The van der Waals surface area contributed by atoms with Crippen LogP contribution in [-0.2, 0) is 11.8 Å². The van der Waals surface area contributed by atoms with Crippen molar-refractivity contribution < 1.29 is 9.53 Å². The maximum absolute atomic E-state index is 11.3. The summed E-state index contributed by atoms with van der Waals surface area (Å²) in [5, 5.41) is 11.6. The van der Waals surface area contributed by atoms with E-state index in [0.29, 0.717) is 18.0 Å². The molecule has 0 atom stereocenters. The second kappa shape index (κ2) is 5.93. The predicted molar refractivity (Wildman–Crippen MR) is 76.2 cm³/mol. The maximum atomic E-state index is 11.3. The minimum absolute atomic E-state index is 0.338. The quantitative estimate of drug-likeness (QED) is 0.930. The Balaban J connectivity index is 2.18. The summed E-state index contributed by atoms with van der Waals surface area (Å²) >= 11 is 0. The Hall–Kier alpha value is -2.74. The highest BCUT2D eigenvalue weighted by Gasteiger charge is 2.07. The normalized spacial score (nSPS) is 9.85. The number of aromatic nitrogens is 1. The van der Waals surface area contributed by atoms with Gasteiger partial charge in [0, 0.05) is 18.4 Å². The zero-order valence-electron chi connectivity index (χ0n) is 11.4. The van der Waals surface area contributed by atoms with Crippen LogP contribution < -0.4 is 5.32 Å². The van der Waals surface area contributed by atoms with Crippen LogP contribution in [0.3, 0.4) is 0 Å². The molecule has 0 bridgehead atoms. The molecule has 1 amide bonds. The van der Waals surface area contributed by atoms with Crippen molar-refractivity contribution in [2.24, 2.45) is 7.05 Å². The van der Waals surface area contributed by atoms with Crippen LogP contribution in [0.2, 0.25) is 0 Å². The molecule has 20 heavy (non-hydrogen) atoms. The lowest BCUT2D eigenvalue weighted by Gasteiger charge is -2.07. The summed E-state index contributed by atoms with van der Waals surface area (Å²) < 4.78 is 6.63. The molecule has 2 rings (SSSR count). The van der Waals surface area contributed by atoms with Crippen molar-refractivity contribution >= 4 is 11.8 Å². The summed E-state index contributed by atoms with van der Waals surface area (Å²) in [4.78, 5) is 11.3. The molecule has 1 aromatic carbocycles. The van der Waals surface area contributed by atoms with E-state index in [-0.39, 0.29) is 0 Å². The van der Waals surface area contributed by atoms with Crippen molar-refractivity contribution in [3.8, 4) is 17.3 Å². The monoisotopic (exact) mass is 269 g/mol. The molecular formula is C15H15N3O2. The summed E-state index contributed by atoms with van der Waals surface area (Å²) in [7, 11) is 1.85. The van der Waals surface area contributed by atoms with Gasteiger partial charge in [-0.05, 0) is 36.8 Å². The number of ether oxygens (including phenoxy) is 1. The first-order valence-corrected chi connectivity index (χ1v) is 6.25. The molecule has 0 aliphatic heterocycles. The number of carbonyl (C=O) groups excluding carboxylic acids is 1. The van der Waals surface area contributed by atoms with Crippen molar-refractivity contribution in [2.45, 2.75) is 6.92 Å². The fourth-order valence-electron chi connectivity index (χ4n) is 1.92. The molecular weight excluding hydrogens is 254 g/mol. The van der Waals surface area contributed by atoms with Crippen molar-refractivity contribution in [1.82, 2.24) is 4.57 Å². The van der Waals surface area contributed by atoms with E-state index in [4.69, 9.17) is 10.00 Å². The number of nitriles is 1. The van der Waals surface area contributed by atoms with E-state index in [1.165, 1.54) is 0 Å². The number of nitrogens with one attached hydrogen (secondary N) is 1. The summed E-state index contributed by atoms with van der Waals surface area (Å²) in [5.74, 6) is 0. The van der Waals surface area contributed by atoms with E-state index in [1.807, 2.05) is 29.8 Å². The smallest absolute Gasteiger partial charge is 0.411 e. The Morgan fingerprint density at radius 2 is 2.00 bits per heavy atom. The van der Waals surface area contributed by atoms with Crippen LogP contribution >= 0.6 is 0 Å². The average Bonchev–Trinajstić information content (AvgIpc) is 2.81. The van der Waals surface area contributed by atoms with Gasteiger partial charge in [-0.1, -0.05) is 12.1 Å². The maximum Gasteiger partial charge on any atom is 0.411 e. The van der Waals surface area contributed by atoms with Crippen molar-refractivity contribution in [3.63, 3.8) is 0 Å². The Morgan fingerprint density at radius 3 is 2.55 bits per heavy atom. The molecule has 2 aromatic rings. The number of nitrogens with zero attached hydrogens (tertiary/aromatic N) is 2. The Morgan fingerprint density at radius 1 is 1.30 bits per heavy atom. The van der Waals surface area contributed by atoms with Gasteiger partial charge in [0.1, 0.15) is 11.8 Å². The van der Waals surface area contributed by atoms with E-state index >= 15 is 0 Å². The fraction of sp³-hybridized carbons (Fsp3) is 0.200. The van der Waals surface area contributed by atoms with Gasteiger partial charge in [-0.25, -0.2) is 4.79 Å². The summed E-state index contributed by atoms with van der Waals surface area (Å²) in [6, 6.07) is 13.2. The minimum Gasteiger partial charge on any atom is -0.450 e. The number of amides is 1. The first kappa shape index (κ1) is 13.7. The number of hydrogen-bond acceptors (Lipinski definition) is 3. The van der Waals surface area contributed by atoms with Crippen molar-refractivity contribution in [2.75, 3.05) is 11.9 Å². The SMILES string of the molecule is CCOC(=O)Nc1ccc(-c2ccc(C#N)n2C)cc1. The molecule has 1 heterocycles. The summed E-state index contributed by atoms with van der Waals surface area (Å²) in [6.07, 6.45) is -0.467. The lowest BCUT2D eigenvalue weighted by atomic mass is 10.1. The molecule has 5 heteroatoms. The van der Waals surface area contributed by atoms with Gasteiger partial charge in [-0.3, -0.25) is 5.32 Å². The van der Waals surface area contributed by atoms with E-state index in [9.17, 15) is 4.79 Å². The van der Waals surface area contributed by atoms with E-state index in [2.05, 4.69) is 11.4 Å². The van der Waals surface area contributed by atoms with Crippen molar-refractivity contribution in [1.29, 1.82) is 5.26 Å². The minimum atomic E-state index is -0.467. The molecule has 0 spiro atoms. The van der Waals surface area contributed by atoms with Gasteiger partial charge in [0.25, 0.3) is 0 Å². The highest BCUT2D eigenvalue weighted by molar-refractivity contribution is 5.85. The molecule has 0 unspecified atom stereocenters. The molecule has 0 aliphatic rings. The number of benzene rings is 1. The Labute approximate surface area is 117 Å². The van der Waals surface area contributed by atoms with Gasteiger partial charge in [-0.15, -0.1) is 0 Å². The van der Waals surface area contributed by atoms with Gasteiger partial charge in [-0.2, -0.15) is 5.26 Å². The summed E-state index contributed by atoms with van der Waals surface area (Å²) in [5.41, 5.74) is 3.20. The number of hydrogen-bond donors (Lipinski definition) is 1. The van der Waals surface area contributed by atoms with Crippen LogP contribution in [0.5, 0.6) is 0 Å². The van der Waals surface area contributed by atoms with Crippen LogP contribution in [0.4, 0.5) is 10.5 Å². The van der Waals surface area contributed by atoms with Crippen LogP contribution in [0, 0.1) is 11.3 Å². The molecule has 0 saturated heterocycles. The molecule has 0 fully saturated rings. The average molecular weight is 269 g/mol. The lowest BCUT2D eigenvalue weighted by Crippen LogP contribution is -2.13. The topological polar surface area (TPSA) is 67.0 Å². The predicted octanol–water partition coefficient (Wildman–Crippen LogP) is 3.13. The number of carbonyl (C=O) groups is 1. The van der Waals surface area contributed by atoms with Crippen LogP contribution in [0.1, 0.15) is 12.6 Å². The second-order valence-corrected chi connectivity index (χ2v) is 4.20. The molecule has 0 radical (unpaired) electrons. The highest BCUT2D eigenvalue weighted by Crippen LogP contribution is 2.23. The van der Waals surface area contributed by atoms with Gasteiger partial charge < -0.3 is 9.30 Å². The molecule has 0 aliphatic carbocycles. The Kier molecular flexibility index (Phi) is 4.06. The highest BCUT2D eigenvalue weighted by atomic mass is 16.5. The van der Waals surface area contributed by atoms with E-state index in [0.717, 1.165) is 11.3 Å². The summed E-state index contributed by atoms with van der Waals surface area (Å²) in [6.45, 7) is 2.09. The molecule has 5 nitrogen and oxygen atoms in total. The third-order valence-corrected chi connectivity index (χ3v) is 2.94. The standard InChI is InChI=1S/C15H15N3O2/c1-3-20-15(19)17-12-6-4-11(5-7-12)14-9-8-13(10-16)18(14)2/h4-9H,3H2,1-2H3,(H,17,19). The fourth-order valence-corrected chi connectivity index (χ4v) is 1.92. The Bertz CT molecular complexity index is 651. The molecule has 0 saturated carbocycles. The van der Waals surface area contributed by atoms with Gasteiger partial charge in [0.15, 0.2) is 0 Å². The van der Waals surface area contributed by atoms with E-state index in [1.54, 1.807) is 25.1 Å². The zero-order chi connectivity index (χ0) is 14.5. The zero-order valence-corrected chi connectivity index (χ0v) is 11.4. The number of rotatable bonds is 3. The largest absolute Gasteiger partial charge is 0.450 e. The van der Waals surface area contributed by atoms with Crippen LogP contribution in [-0.4, -0.2) is 17.3 Å².